The second kappa shape index (κ2) is 7.49. The molecular weight excluding hydrogens is 222 g/mol. The van der Waals surface area contributed by atoms with Crippen LogP contribution in [0.15, 0.2) is 12.3 Å². The molecule has 0 aliphatic carbocycles. The number of hydrazine groups is 1. The van der Waals surface area contributed by atoms with Crippen LogP contribution >= 0.6 is 37.2 Å². The molecule has 1 aromatic heterocycles. The van der Waals surface area contributed by atoms with Crippen LogP contribution in [0.5, 0.6) is 0 Å². The zero-order valence-electron chi connectivity index (χ0n) is 6.80. The highest BCUT2D eigenvalue weighted by Gasteiger charge is 1.95. The number of nitrogens with two attached hydrogens (primary N) is 1. The molecule has 0 aliphatic heterocycles. The quantitative estimate of drug-likeness (QED) is 0.583. The molecular formula is C5H13Cl3N4. The van der Waals surface area contributed by atoms with Gasteiger partial charge in [0.25, 0.3) is 0 Å². The molecule has 0 saturated carbocycles. The van der Waals surface area contributed by atoms with E-state index < -0.39 is 0 Å². The molecule has 4 nitrogen and oxygen atoms in total. The van der Waals surface area contributed by atoms with Crippen molar-refractivity contribution < 1.29 is 0 Å². The van der Waals surface area contributed by atoms with E-state index in [1.54, 1.807) is 11.7 Å². The molecule has 0 atom stereocenters. The van der Waals surface area contributed by atoms with E-state index in [1.165, 1.54) is 5.01 Å². The number of rotatable bonds is 1. The van der Waals surface area contributed by atoms with Crippen LogP contribution in [-0.2, 0) is 7.05 Å². The van der Waals surface area contributed by atoms with Crippen molar-refractivity contribution in [1.29, 1.82) is 0 Å². The van der Waals surface area contributed by atoms with Crippen LogP contribution < -0.4 is 10.9 Å². The fraction of sp³-hybridized carbons (Fsp3) is 0.400. The molecule has 1 rings (SSSR count). The van der Waals surface area contributed by atoms with Gasteiger partial charge in [0.05, 0.1) is 0 Å². The van der Waals surface area contributed by atoms with Gasteiger partial charge in [-0.2, -0.15) is 5.10 Å². The Hall–Kier alpha value is -0.160. The molecule has 0 amide bonds. The fourth-order valence-corrected chi connectivity index (χ4v) is 0.591. The summed E-state index contributed by atoms with van der Waals surface area (Å²) in [5, 5.41) is 5.50. The summed E-state index contributed by atoms with van der Waals surface area (Å²) in [6, 6.07) is 1.85. The lowest BCUT2D eigenvalue weighted by Gasteiger charge is -2.05. The van der Waals surface area contributed by atoms with Gasteiger partial charge in [-0.25, -0.2) is 5.84 Å². The standard InChI is InChI=1S/C5H10N4.3ClH/c1-8-4-3-5(7-8)9(2)6;;;/h3-4H,6H2,1-2H3;3*1H. The number of nitrogens with zero attached hydrogens (tertiary/aromatic N) is 3. The second-order valence-electron chi connectivity index (χ2n) is 1.96. The molecule has 1 heterocycles. The zero-order chi connectivity index (χ0) is 6.85. The van der Waals surface area contributed by atoms with Gasteiger partial charge in [0.1, 0.15) is 0 Å². The minimum atomic E-state index is 0. The predicted octanol–water partition coefficient (Wildman–Crippen LogP) is 0.995. The Bertz CT molecular complexity index is 200. The van der Waals surface area contributed by atoms with Gasteiger partial charge in [0, 0.05) is 26.4 Å². The molecule has 0 aliphatic rings. The van der Waals surface area contributed by atoms with Gasteiger partial charge in [-0.15, -0.1) is 37.2 Å². The highest BCUT2D eigenvalue weighted by Crippen LogP contribution is 2.01. The van der Waals surface area contributed by atoms with Crippen molar-refractivity contribution in [3.8, 4) is 0 Å². The number of aryl methyl sites for hydroxylation is 1. The van der Waals surface area contributed by atoms with Crippen molar-refractivity contribution in [2.45, 2.75) is 0 Å². The smallest absolute Gasteiger partial charge is 0.164 e. The maximum atomic E-state index is 5.38. The van der Waals surface area contributed by atoms with Gasteiger partial charge < -0.3 is 0 Å². The lowest BCUT2D eigenvalue weighted by atomic mass is 10.6. The van der Waals surface area contributed by atoms with Crippen LogP contribution in [0.1, 0.15) is 0 Å². The van der Waals surface area contributed by atoms with E-state index in [-0.39, 0.29) is 37.2 Å². The molecule has 0 spiro atoms. The average molecular weight is 236 g/mol. The Kier molecular flexibility index (Phi) is 11.1. The maximum Gasteiger partial charge on any atom is 0.164 e. The third-order valence-corrected chi connectivity index (χ3v) is 1.06. The topological polar surface area (TPSA) is 47.1 Å². The van der Waals surface area contributed by atoms with Crippen LogP contribution in [0.4, 0.5) is 5.82 Å². The van der Waals surface area contributed by atoms with E-state index in [1.807, 2.05) is 19.3 Å². The highest BCUT2D eigenvalue weighted by atomic mass is 35.5. The third-order valence-electron chi connectivity index (χ3n) is 1.06. The number of halogens is 3. The van der Waals surface area contributed by atoms with Crippen LogP contribution in [0.25, 0.3) is 0 Å². The summed E-state index contributed by atoms with van der Waals surface area (Å²) in [5.74, 6) is 6.16. The Morgan fingerprint density at radius 1 is 1.42 bits per heavy atom. The fourth-order valence-electron chi connectivity index (χ4n) is 0.591. The van der Waals surface area contributed by atoms with E-state index in [0.717, 1.165) is 5.82 Å². The van der Waals surface area contributed by atoms with Crippen LogP contribution in [0.2, 0.25) is 0 Å². The van der Waals surface area contributed by atoms with Gasteiger partial charge in [-0.1, -0.05) is 0 Å². The normalized spacial score (nSPS) is 7.25. The van der Waals surface area contributed by atoms with Crippen LogP contribution in [0, 0.1) is 0 Å². The first-order chi connectivity index (χ1) is 4.20. The summed E-state index contributed by atoms with van der Waals surface area (Å²) in [6.45, 7) is 0. The van der Waals surface area contributed by atoms with Crippen molar-refractivity contribution in [2.24, 2.45) is 12.9 Å². The summed E-state index contributed by atoms with van der Waals surface area (Å²) in [5.41, 5.74) is 0. The molecule has 0 bridgehead atoms. The lowest BCUT2D eigenvalue weighted by Crippen LogP contribution is -2.25. The predicted molar refractivity (Wildman–Crippen MR) is 57.5 cm³/mol. The molecule has 1 aromatic rings. The molecule has 0 aromatic carbocycles. The summed E-state index contributed by atoms with van der Waals surface area (Å²) >= 11 is 0. The molecule has 0 unspecified atom stereocenters. The molecule has 74 valence electrons. The van der Waals surface area contributed by atoms with E-state index in [2.05, 4.69) is 5.10 Å². The SMILES string of the molecule is CN(N)c1ccn(C)n1.Cl.Cl.Cl. The van der Waals surface area contributed by atoms with Crippen LogP contribution in [0.3, 0.4) is 0 Å². The van der Waals surface area contributed by atoms with E-state index in [0.29, 0.717) is 0 Å². The average Bonchev–Trinajstić information content (AvgIpc) is 2.14. The molecule has 12 heavy (non-hydrogen) atoms. The minimum Gasteiger partial charge on any atom is -0.297 e. The lowest BCUT2D eigenvalue weighted by molar-refractivity contribution is 0.757. The van der Waals surface area contributed by atoms with Crippen molar-refractivity contribution in [2.75, 3.05) is 12.1 Å². The first kappa shape index (κ1) is 17.8. The minimum absolute atomic E-state index is 0. The van der Waals surface area contributed by atoms with Gasteiger partial charge >= 0.3 is 0 Å². The maximum absolute atomic E-state index is 5.38. The first-order valence-electron chi connectivity index (χ1n) is 2.68. The highest BCUT2D eigenvalue weighted by molar-refractivity contribution is 5.86. The monoisotopic (exact) mass is 234 g/mol. The Balaban J connectivity index is -0.000000270. The van der Waals surface area contributed by atoms with Gasteiger partial charge in [-0.3, -0.25) is 9.69 Å². The van der Waals surface area contributed by atoms with Gasteiger partial charge in [0.15, 0.2) is 5.82 Å². The number of anilines is 1. The molecule has 7 heteroatoms. The Morgan fingerprint density at radius 2 is 1.92 bits per heavy atom. The summed E-state index contributed by atoms with van der Waals surface area (Å²) < 4.78 is 1.71. The zero-order valence-corrected chi connectivity index (χ0v) is 9.25. The summed E-state index contributed by atoms with van der Waals surface area (Å²) in [4.78, 5) is 0. The Morgan fingerprint density at radius 3 is 2.08 bits per heavy atom. The molecule has 2 N–H and O–H groups in total. The van der Waals surface area contributed by atoms with Crippen molar-refractivity contribution >= 4 is 43.0 Å². The summed E-state index contributed by atoms with van der Waals surface area (Å²) in [6.07, 6.45) is 1.85. The number of hydrogen-bond acceptors (Lipinski definition) is 3. The van der Waals surface area contributed by atoms with Crippen molar-refractivity contribution in [3.05, 3.63) is 12.3 Å². The number of aromatic nitrogens is 2. The van der Waals surface area contributed by atoms with Crippen LogP contribution in [-0.4, -0.2) is 16.8 Å². The van der Waals surface area contributed by atoms with E-state index in [4.69, 9.17) is 5.84 Å². The molecule has 0 fully saturated rings. The van der Waals surface area contributed by atoms with Gasteiger partial charge in [0.2, 0.25) is 0 Å². The van der Waals surface area contributed by atoms with Crippen molar-refractivity contribution in [1.82, 2.24) is 9.78 Å². The largest absolute Gasteiger partial charge is 0.297 e. The second-order valence-corrected chi connectivity index (χ2v) is 1.96. The van der Waals surface area contributed by atoms with E-state index in [9.17, 15) is 0 Å². The molecule has 0 saturated heterocycles. The number of hydrogen-bond donors (Lipinski definition) is 1. The Labute approximate surface area is 90.3 Å². The third kappa shape index (κ3) is 4.66. The molecule has 0 radical (unpaired) electrons. The first-order valence-corrected chi connectivity index (χ1v) is 2.68. The summed E-state index contributed by atoms with van der Waals surface area (Å²) in [7, 11) is 3.61. The van der Waals surface area contributed by atoms with Gasteiger partial charge in [-0.05, 0) is 0 Å². The van der Waals surface area contributed by atoms with Crippen molar-refractivity contribution in [3.63, 3.8) is 0 Å². The van der Waals surface area contributed by atoms with E-state index >= 15 is 0 Å².